The molecule has 1 aliphatic heterocycles. The van der Waals surface area contributed by atoms with Gasteiger partial charge in [0.25, 0.3) is 0 Å². The Morgan fingerprint density at radius 1 is 1.29 bits per heavy atom. The summed E-state index contributed by atoms with van der Waals surface area (Å²) in [5.74, 6) is -0.492. The highest BCUT2D eigenvalue weighted by atomic mass is 19.1. The van der Waals surface area contributed by atoms with E-state index in [1.54, 1.807) is 12.1 Å². The van der Waals surface area contributed by atoms with Gasteiger partial charge in [-0.05, 0) is 29.5 Å². The van der Waals surface area contributed by atoms with Crippen molar-refractivity contribution in [1.29, 1.82) is 0 Å². The topological polar surface area (TPSA) is 60.8 Å². The van der Waals surface area contributed by atoms with Crippen molar-refractivity contribution in [3.63, 3.8) is 0 Å². The summed E-state index contributed by atoms with van der Waals surface area (Å²) in [7, 11) is 0. The minimum Gasteiger partial charge on any atom is -0.465 e. The summed E-state index contributed by atoms with van der Waals surface area (Å²) in [5, 5.41) is 20.1. The van der Waals surface area contributed by atoms with Crippen LogP contribution in [0.3, 0.4) is 0 Å². The first kappa shape index (κ1) is 15.8. The summed E-state index contributed by atoms with van der Waals surface area (Å²) in [6.07, 6.45) is -1.28. The number of halogens is 1. The van der Waals surface area contributed by atoms with Crippen molar-refractivity contribution in [2.75, 3.05) is 6.54 Å². The van der Waals surface area contributed by atoms with Crippen LogP contribution in [0.25, 0.3) is 0 Å². The van der Waals surface area contributed by atoms with Crippen LogP contribution in [0.1, 0.15) is 38.7 Å². The molecule has 1 aromatic rings. The molecule has 1 amide bonds. The van der Waals surface area contributed by atoms with Gasteiger partial charge in [0.05, 0.1) is 12.1 Å². The van der Waals surface area contributed by atoms with E-state index in [9.17, 15) is 19.4 Å². The van der Waals surface area contributed by atoms with Gasteiger partial charge in [-0.2, -0.15) is 0 Å². The molecule has 2 rings (SSSR count). The van der Waals surface area contributed by atoms with Crippen LogP contribution >= 0.6 is 0 Å². The fraction of sp³-hybridized carbons (Fsp3) is 0.562. The van der Waals surface area contributed by atoms with Gasteiger partial charge in [-0.25, -0.2) is 9.18 Å². The first-order valence-corrected chi connectivity index (χ1v) is 7.15. The minimum absolute atomic E-state index is 0.176. The number of aliphatic hydroxyl groups is 1. The Labute approximate surface area is 124 Å². The number of benzene rings is 1. The molecule has 1 aliphatic rings. The van der Waals surface area contributed by atoms with Gasteiger partial charge in [0, 0.05) is 12.5 Å². The number of carbonyl (C=O) groups is 1. The van der Waals surface area contributed by atoms with Crippen LogP contribution in [0.5, 0.6) is 0 Å². The second-order valence-corrected chi connectivity index (χ2v) is 6.72. The average Bonchev–Trinajstić information content (AvgIpc) is 2.38. The quantitative estimate of drug-likeness (QED) is 0.837. The van der Waals surface area contributed by atoms with E-state index >= 15 is 0 Å². The fourth-order valence-corrected chi connectivity index (χ4v) is 3.26. The van der Waals surface area contributed by atoms with E-state index in [0.29, 0.717) is 13.0 Å². The molecule has 1 aromatic carbocycles. The highest BCUT2D eigenvalue weighted by molar-refractivity contribution is 5.66. The van der Waals surface area contributed by atoms with Crippen molar-refractivity contribution in [2.45, 2.75) is 45.3 Å². The average molecular weight is 295 g/mol. The lowest BCUT2D eigenvalue weighted by molar-refractivity contribution is -0.0430. The van der Waals surface area contributed by atoms with Crippen LogP contribution in [-0.2, 0) is 0 Å². The number of amides is 1. The summed E-state index contributed by atoms with van der Waals surface area (Å²) in [4.78, 5) is 12.7. The molecule has 0 radical (unpaired) electrons. The molecular weight excluding hydrogens is 273 g/mol. The standard InChI is InChI=1S/C16H22FNO3/c1-16(2,3)14-13(19)12(8-9-18(14)15(20)21)10-4-6-11(17)7-5-10/h4-7,12-14,19H,8-9H2,1-3H3,(H,20,21)/t12-,13-,14?/m1/s1. The molecule has 3 atom stereocenters. The maximum Gasteiger partial charge on any atom is 0.407 e. The Balaban J connectivity index is 2.32. The summed E-state index contributed by atoms with van der Waals surface area (Å²) >= 11 is 0. The van der Waals surface area contributed by atoms with Crippen molar-refractivity contribution in [3.8, 4) is 0 Å². The summed E-state index contributed by atoms with van der Waals surface area (Å²) < 4.78 is 13.0. The van der Waals surface area contributed by atoms with Crippen LogP contribution < -0.4 is 0 Å². The fourth-order valence-electron chi connectivity index (χ4n) is 3.26. The van der Waals surface area contributed by atoms with Gasteiger partial charge >= 0.3 is 6.09 Å². The Kier molecular flexibility index (Phi) is 4.23. The van der Waals surface area contributed by atoms with Crippen LogP contribution in [0.15, 0.2) is 24.3 Å². The number of likely N-dealkylation sites (tertiary alicyclic amines) is 1. The van der Waals surface area contributed by atoms with Crippen LogP contribution in [0, 0.1) is 11.2 Å². The minimum atomic E-state index is -1.01. The van der Waals surface area contributed by atoms with Crippen molar-refractivity contribution >= 4 is 6.09 Å². The molecule has 0 aromatic heterocycles. The van der Waals surface area contributed by atoms with Crippen LogP contribution in [0.2, 0.25) is 0 Å². The SMILES string of the molecule is CC(C)(C)C1[C@H](O)[C@@H](c2ccc(F)cc2)CCN1C(=O)O. The lowest BCUT2D eigenvalue weighted by Crippen LogP contribution is -2.58. The Hall–Kier alpha value is -1.62. The zero-order valence-corrected chi connectivity index (χ0v) is 12.6. The Morgan fingerprint density at radius 3 is 2.33 bits per heavy atom. The number of piperidine rings is 1. The maximum absolute atomic E-state index is 13.0. The van der Waals surface area contributed by atoms with Crippen molar-refractivity contribution < 1.29 is 19.4 Å². The molecule has 1 heterocycles. The molecule has 21 heavy (non-hydrogen) atoms. The summed E-state index contributed by atoms with van der Waals surface area (Å²) in [5.41, 5.74) is 0.472. The zero-order valence-electron chi connectivity index (χ0n) is 12.6. The smallest absolute Gasteiger partial charge is 0.407 e. The van der Waals surface area contributed by atoms with E-state index in [-0.39, 0.29) is 17.2 Å². The number of hydrogen-bond donors (Lipinski definition) is 2. The third kappa shape index (κ3) is 3.18. The molecule has 116 valence electrons. The number of rotatable bonds is 1. The Bertz CT molecular complexity index is 509. The number of carboxylic acid groups (broad SMARTS) is 1. The second-order valence-electron chi connectivity index (χ2n) is 6.72. The van der Waals surface area contributed by atoms with Gasteiger partial charge in [-0.3, -0.25) is 0 Å². The van der Waals surface area contributed by atoms with Gasteiger partial charge in [0.1, 0.15) is 5.82 Å². The summed E-state index contributed by atoms with van der Waals surface area (Å²) in [6, 6.07) is 5.59. The normalized spacial score (nSPS) is 26.7. The van der Waals surface area contributed by atoms with Gasteiger partial charge in [0.2, 0.25) is 0 Å². The van der Waals surface area contributed by atoms with Crippen LogP contribution in [-0.4, -0.2) is 39.9 Å². The molecule has 1 saturated heterocycles. The monoisotopic (exact) mass is 295 g/mol. The van der Waals surface area contributed by atoms with E-state index in [4.69, 9.17) is 0 Å². The van der Waals surface area contributed by atoms with Crippen LogP contribution in [0.4, 0.5) is 9.18 Å². The van der Waals surface area contributed by atoms with E-state index in [0.717, 1.165) is 5.56 Å². The zero-order chi connectivity index (χ0) is 15.8. The third-order valence-electron chi connectivity index (χ3n) is 4.18. The molecule has 5 heteroatoms. The largest absolute Gasteiger partial charge is 0.465 e. The first-order chi connectivity index (χ1) is 9.71. The predicted octanol–water partition coefficient (Wildman–Crippen LogP) is 3.07. The van der Waals surface area contributed by atoms with Gasteiger partial charge < -0.3 is 15.1 Å². The molecule has 1 unspecified atom stereocenters. The molecule has 2 N–H and O–H groups in total. The van der Waals surface area contributed by atoms with E-state index in [1.165, 1.54) is 17.0 Å². The third-order valence-corrected chi connectivity index (χ3v) is 4.18. The van der Waals surface area contributed by atoms with E-state index in [2.05, 4.69) is 0 Å². The first-order valence-electron chi connectivity index (χ1n) is 7.15. The highest BCUT2D eigenvalue weighted by Crippen LogP contribution is 2.39. The molecule has 1 fully saturated rings. The molecule has 0 aliphatic carbocycles. The van der Waals surface area contributed by atoms with Crippen molar-refractivity contribution in [2.24, 2.45) is 5.41 Å². The van der Waals surface area contributed by atoms with Gasteiger partial charge in [0.15, 0.2) is 0 Å². The molecule has 4 nitrogen and oxygen atoms in total. The number of hydrogen-bond acceptors (Lipinski definition) is 2. The number of nitrogens with zero attached hydrogens (tertiary/aromatic N) is 1. The highest BCUT2D eigenvalue weighted by Gasteiger charge is 2.45. The van der Waals surface area contributed by atoms with Gasteiger partial charge in [-0.1, -0.05) is 32.9 Å². The summed E-state index contributed by atoms with van der Waals surface area (Å²) in [6.45, 7) is 6.13. The van der Waals surface area contributed by atoms with Crippen molar-refractivity contribution in [1.82, 2.24) is 4.90 Å². The number of aliphatic hydroxyl groups excluding tert-OH is 1. The molecule has 0 saturated carbocycles. The Morgan fingerprint density at radius 2 is 1.86 bits per heavy atom. The molecular formula is C16H22FNO3. The van der Waals surface area contributed by atoms with Gasteiger partial charge in [-0.15, -0.1) is 0 Å². The maximum atomic E-state index is 13.0. The second kappa shape index (κ2) is 5.64. The lowest BCUT2D eigenvalue weighted by atomic mass is 9.73. The molecule has 0 bridgehead atoms. The van der Waals surface area contributed by atoms with Crippen molar-refractivity contribution in [3.05, 3.63) is 35.6 Å². The lowest BCUT2D eigenvalue weighted by Gasteiger charge is -2.48. The predicted molar refractivity (Wildman–Crippen MR) is 77.7 cm³/mol. The van der Waals surface area contributed by atoms with E-state index < -0.39 is 18.2 Å². The molecule has 0 spiro atoms. The van der Waals surface area contributed by atoms with E-state index in [1.807, 2.05) is 20.8 Å².